The Morgan fingerprint density at radius 1 is 1.17 bits per heavy atom. The maximum absolute atomic E-state index is 12.6. The minimum absolute atomic E-state index is 0.0666. The summed E-state index contributed by atoms with van der Waals surface area (Å²) >= 11 is 0. The molecule has 1 amide bonds. The second kappa shape index (κ2) is 7.66. The first-order valence-corrected chi connectivity index (χ1v) is 10.0. The largest absolute Gasteiger partial charge is 0.422 e. The topological polar surface area (TPSA) is 62.9 Å². The molecule has 1 aromatic heterocycles. The number of rotatable bonds is 4. The molecule has 0 saturated heterocycles. The third kappa shape index (κ3) is 3.60. The summed E-state index contributed by atoms with van der Waals surface area (Å²) in [5.74, 6) is 0.373. The molecule has 0 radical (unpaired) electrons. The highest BCUT2D eigenvalue weighted by Gasteiger charge is 2.33. The lowest BCUT2D eigenvalue weighted by Crippen LogP contribution is -2.26. The van der Waals surface area contributed by atoms with E-state index >= 15 is 0 Å². The van der Waals surface area contributed by atoms with E-state index in [9.17, 15) is 9.59 Å². The van der Waals surface area contributed by atoms with E-state index in [0.717, 1.165) is 10.9 Å². The van der Waals surface area contributed by atoms with Gasteiger partial charge in [0.2, 0.25) is 5.91 Å². The molecule has 2 aromatic carbocycles. The fourth-order valence-electron chi connectivity index (χ4n) is 3.69. The molecule has 0 saturated carbocycles. The van der Waals surface area contributed by atoms with Gasteiger partial charge in [-0.3, -0.25) is 4.79 Å². The first-order chi connectivity index (χ1) is 14.0. The lowest BCUT2D eigenvalue weighted by atomic mass is 9.95. The molecule has 4 rings (SSSR count). The number of amides is 1. The smallest absolute Gasteiger partial charge is 0.345 e. The fourth-order valence-corrected chi connectivity index (χ4v) is 3.69. The molecule has 5 heteroatoms. The monoisotopic (exact) mass is 388 g/mol. The number of fused-ring (bicyclic) bond motifs is 1. The van der Waals surface area contributed by atoms with E-state index in [1.54, 1.807) is 12.1 Å². The Morgan fingerprint density at radius 2 is 1.90 bits per heavy atom. The minimum atomic E-state index is -0.429. The normalized spacial score (nSPS) is 16.5. The second-order valence-electron chi connectivity index (χ2n) is 7.67. The number of para-hydroxylation sites is 1. The van der Waals surface area contributed by atoms with Gasteiger partial charge in [-0.25, -0.2) is 9.80 Å². The van der Waals surface area contributed by atoms with Crippen LogP contribution in [0.15, 0.2) is 68.9 Å². The van der Waals surface area contributed by atoms with Gasteiger partial charge < -0.3 is 4.42 Å². The summed E-state index contributed by atoms with van der Waals surface area (Å²) in [6.45, 7) is 6.12. The van der Waals surface area contributed by atoms with Crippen molar-refractivity contribution in [3.05, 3.63) is 81.7 Å². The van der Waals surface area contributed by atoms with E-state index in [1.165, 1.54) is 10.6 Å². The number of hydrazone groups is 1. The van der Waals surface area contributed by atoms with Crippen LogP contribution in [0.1, 0.15) is 62.3 Å². The molecule has 5 nitrogen and oxygen atoms in total. The number of hydrogen-bond donors (Lipinski definition) is 0. The zero-order valence-electron chi connectivity index (χ0n) is 16.9. The minimum Gasteiger partial charge on any atom is -0.422 e. The van der Waals surface area contributed by atoms with Crippen LogP contribution < -0.4 is 5.63 Å². The van der Waals surface area contributed by atoms with Crippen molar-refractivity contribution in [2.24, 2.45) is 5.10 Å². The molecule has 0 bridgehead atoms. The average molecular weight is 388 g/mol. The van der Waals surface area contributed by atoms with Crippen molar-refractivity contribution < 1.29 is 9.21 Å². The van der Waals surface area contributed by atoms with Crippen LogP contribution in [0.25, 0.3) is 11.0 Å². The Bertz CT molecular complexity index is 1140. The van der Waals surface area contributed by atoms with Gasteiger partial charge >= 0.3 is 5.63 Å². The molecule has 1 unspecified atom stereocenters. The van der Waals surface area contributed by atoms with Gasteiger partial charge in [0.1, 0.15) is 5.58 Å². The zero-order valence-corrected chi connectivity index (χ0v) is 16.9. The van der Waals surface area contributed by atoms with Crippen molar-refractivity contribution in [2.75, 3.05) is 0 Å². The fraction of sp³-hybridized carbons (Fsp3) is 0.292. The Kier molecular flexibility index (Phi) is 5.05. The van der Waals surface area contributed by atoms with E-state index in [1.807, 2.05) is 25.1 Å². The van der Waals surface area contributed by atoms with E-state index in [0.29, 0.717) is 35.6 Å². The number of hydrogen-bond acceptors (Lipinski definition) is 4. The number of carbonyl (C=O) groups excluding carboxylic acids is 1. The summed E-state index contributed by atoms with van der Waals surface area (Å²) in [6, 6.07) is 17.3. The molecule has 148 valence electrons. The van der Waals surface area contributed by atoms with Crippen LogP contribution in [0.3, 0.4) is 0 Å². The quantitative estimate of drug-likeness (QED) is 0.591. The molecule has 1 aliphatic rings. The molecular formula is C24H24N2O3. The number of nitrogens with zero attached hydrogens (tertiary/aromatic N) is 2. The van der Waals surface area contributed by atoms with Crippen molar-refractivity contribution in [1.29, 1.82) is 0 Å². The van der Waals surface area contributed by atoms with Gasteiger partial charge in [0.05, 0.1) is 17.3 Å². The highest BCUT2D eigenvalue weighted by Crippen LogP contribution is 2.33. The number of carbonyl (C=O) groups is 1. The van der Waals surface area contributed by atoms with Crippen molar-refractivity contribution in [3.63, 3.8) is 0 Å². The van der Waals surface area contributed by atoms with Gasteiger partial charge in [-0.2, -0.15) is 5.10 Å². The van der Waals surface area contributed by atoms with Crippen molar-refractivity contribution >= 4 is 22.6 Å². The predicted molar refractivity (Wildman–Crippen MR) is 114 cm³/mol. The molecule has 2 heterocycles. The molecule has 3 aromatic rings. The van der Waals surface area contributed by atoms with E-state index in [4.69, 9.17) is 4.42 Å². The Morgan fingerprint density at radius 3 is 2.59 bits per heavy atom. The van der Waals surface area contributed by atoms with E-state index in [-0.39, 0.29) is 11.9 Å². The summed E-state index contributed by atoms with van der Waals surface area (Å²) in [5, 5.41) is 6.91. The van der Waals surface area contributed by atoms with Crippen molar-refractivity contribution in [2.45, 2.75) is 45.6 Å². The van der Waals surface area contributed by atoms with Crippen molar-refractivity contribution in [1.82, 2.24) is 5.01 Å². The summed E-state index contributed by atoms with van der Waals surface area (Å²) in [6.07, 6.45) is 0.833. The van der Waals surface area contributed by atoms with Gasteiger partial charge in [-0.15, -0.1) is 0 Å². The van der Waals surface area contributed by atoms with E-state index < -0.39 is 5.63 Å². The van der Waals surface area contributed by atoms with Crippen LogP contribution in [-0.2, 0) is 4.79 Å². The molecule has 1 atom stereocenters. The SMILES string of the molecule is CCC(=O)N1N=C(c2cc3ccccc3oc2=O)CC1c1ccc(C(C)C)cc1. The highest BCUT2D eigenvalue weighted by molar-refractivity contribution is 6.04. The van der Waals surface area contributed by atoms with Crippen LogP contribution in [0, 0.1) is 0 Å². The molecular weight excluding hydrogens is 364 g/mol. The number of benzene rings is 2. The molecule has 1 aliphatic heterocycles. The molecule has 0 spiro atoms. The zero-order chi connectivity index (χ0) is 20.5. The van der Waals surface area contributed by atoms with Gasteiger partial charge in [0, 0.05) is 18.2 Å². The predicted octanol–water partition coefficient (Wildman–Crippen LogP) is 5.00. The maximum atomic E-state index is 12.6. The first kappa shape index (κ1) is 19.1. The maximum Gasteiger partial charge on any atom is 0.345 e. The van der Waals surface area contributed by atoms with Crippen molar-refractivity contribution in [3.8, 4) is 0 Å². The summed E-state index contributed by atoms with van der Waals surface area (Å²) in [5.41, 5.74) is 3.38. The lowest BCUT2D eigenvalue weighted by Gasteiger charge is -2.22. The van der Waals surface area contributed by atoms with Crippen LogP contribution in [0.4, 0.5) is 0 Å². The molecule has 0 aliphatic carbocycles. The second-order valence-corrected chi connectivity index (χ2v) is 7.67. The van der Waals surface area contributed by atoms with Crippen LogP contribution >= 0.6 is 0 Å². The standard InChI is InChI=1S/C24H24N2O3/c1-4-23(27)26-21(17-11-9-16(10-12-17)15(2)3)14-20(25-26)19-13-18-7-5-6-8-22(18)29-24(19)28/h5-13,15,21H,4,14H2,1-3H3. The third-order valence-corrected chi connectivity index (χ3v) is 5.41. The Labute approximate surface area is 169 Å². The van der Waals surface area contributed by atoms with Crippen LogP contribution in [0.5, 0.6) is 0 Å². The molecule has 0 N–H and O–H groups in total. The van der Waals surface area contributed by atoms with Gasteiger partial charge in [0.25, 0.3) is 0 Å². The highest BCUT2D eigenvalue weighted by atomic mass is 16.4. The summed E-state index contributed by atoms with van der Waals surface area (Å²) in [4.78, 5) is 25.1. The van der Waals surface area contributed by atoms with Gasteiger partial charge in [-0.05, 0) is 29.2 Å². The van der Waals surface area contributed by atoms with Crippen LogP contribution in [-0.4, -0.2) is 16.6 Å². The van der Waals surface area contributed by atoms with E-state index in [2.05, 4.69) is 43.2 Å². The third-order valence-electron chi connectivity index (χ3n) is 5.41. The van der Waals surface area contributed by atoms with Gasteiger partial charge in [-0.1, -0.05) is 63.2 Å². The molecule has 29 heavy (non-hydrogen) atoms. The Balaban J connectivity index is 1.73. The summed E-state index contributed by atoms with van der Waals surface area (Å²) < 4.78 is 5.47. The van der Waals surface area contributed by atoms with Gasteiger partial charge in [0.15, 0.2) is 0 Å². The molecule has 0 fully saturated rings. The lowest BCUT2D eigenvalue weighted by molar-refractivity contribution is -0.132. The Hall–Kier alpha value is -3.21. The average Bonchev–Trinajstić information content (AvgIpc) is 3.18. The van der Waals surface area contributed by atoms with Crippen LogP contribution in [0.2, 0.25) is 0 Å². The first-order valence-electron chi connectivity index (χ1n) is 10.0. The summed E-state index contributed by atoms with van der Waals surface area (Å²) in [7, 11) is 0.